The third-order valence-electron chi connectivity index (χ3n) is 8.70. The first-order chi connectivity index (χ1) is 17.6. The van der Waals surface area contributed by atoms with Crippen LogP contribution in [0.25, 0.3) is 0 Å². The summed E-state index contributed by atoms with van der Waals surface area (Å²) in [5, 5.41) is 10.3. The molecule has 208 valence electrons. The molecule has 2 amide bonds. The number of hydrogen-bond acceptors (Lipinski definition) is 6. The summed E-state index contributed by atoms with van der Waals surface area (Å²) < 4.78 is 12.5. The Kier molecular flexibility index (Phi) is 9.27. The molecule has 0 aromatic carbocycles. The van der Waals surface area contributed by atoms with Crippen molar-refractivity contribution >= 4 is 17.8 Å². The molecule has 3 fully saturated rings. The van der Waals surface area contributed by atoms with Gasteiger partial charge in [-0.15, -0.1) is 13.2 Å². The number of amides is 2. The van der Waals surface area contributed by atoms with E-state index in [4.69, 9.17) is 9.47 Å². The maximum absolute atomic E-state index is 14.3. The van der Waals surface area contributed by atoms with Crippen LogP contribution in [0.1, 0.15) is 73.1 Å². The minimum Gasteiger partial charge on any atom is -0.465 e. The first-order valence-corrected chi connectivity index (χ1v) is 13.9. The fourth-order valence-corrected chi connectivity index (χ4v) is 6.78. The molecule has 3 aliphatic heterocycles. The van der Waals surface area contributed by atoms with Crippen LogP contribution in [-0.4, -0.2) is 81.8 Å². The Morgan fingerprint density at radius 3 is 2.46 bits per heavy atom. The van der Waals surface area contributed by atoms with Crippen LogP contribution in [0, 0.1) is 17.8 Å². The van der Waals surface area contributed by atoms with E-state index < -0.39 is 41.1 Å². The zero-order valence-electron chi connectivity index (χ0n) is 23.3. The van der Waals surface area contributed by atoms with Crippen molar-refractivity contribution in [3.8, 4) is 0 Å². The number of unbranched alkanes of at least 4 members (excludes halogenated alkanes) is 2. The Labute approximate surface area is 222 Å². The summed E-state index contributed by atoms with van der Waals surface area (Å²) in [6.07, 6.45) is 7.57. The van der Waals surface area contributed by atoms with Crippen molar-refractivity contribution in [2.24, 2.45) is 17.8 Å². The van der Waals surface area contributed by atoms with Gasteiger partial charge in [-0.1, -0.05) is 32.9 Å². The first kappa shape index (κ1) is 29.4. The summed E-state index contributed by atoms with van der Waals surface area (Å²) in [4.78, 5) is 45.3. The molecule has 3 aliphatic rings. The standard InChI is InChI=1S/C29H46N2O6/c1-8-11-12-13-17-36-27(35)23-22-25(33)31(21(18-32)19(4)5)24(26(34)30(16-9-2)20(6)7)29(22)15-14-28(23,10-3)37-29/h8-9,19-24,32H,1-2,10-18H2,3-7H3/t21-,22-,23+,24?,28-,29?/m0/s1. The van der Waals surface area contributed by atoms with E-state index in [0.717, 1.165) is 12.8 Å². The molecule has 1 N–H and O–H groups in total. The average molecular weight is 519 g/mol. The van der Waals surface area contributed by atoms with Gasteiger partial charge in [-0.05, 0) is 58.3 Å². The fourth-order valence-electron chi connectivity index (χ4n) is 6.78. The van der Waals surface area contributed by atoms with E-state index in [1.54, 1.807) is 15.9 Å². The predicted molar refractivity (Wildman–Crippen MR) is 141 cm³/mol. The number of hydrogen-bond donors (Lipinski definition) is 1. The van der Waals surface area contributed by atoms with Crippen molar-refractivity contribution in [2.45, 2.75) is 102 Å². The lowest BCUT2D eigenvalue weighted by Gasteiger charge is -2.41. The lowest BCUT2D eigenvalue weighted by molar-refractivity contribution is -0.164. The summed E-state index contributed by atoms with van der Waals surface area (Å²) in [6.45, 7) is 17.5. The van der Waals surface area contributed by atoms with Gasteiger partial charge < -0.3 is 24.4 Å². The number of aliphatic hydroxyl groups is 1. The number of aliphatic hydroxyl groups excluding tert-OH is 1. The van der Waals surface area contributed by atoms with Crippen molar-refractivity contribution in [3.63, 3.8) is 0 Å². The van der Waals surface area contributed by atoms with Crippen molar-refractivity contribution in [1.82, 2.24) is 9.80 Å². The molecule has 37 heavy (non-hydrogen) atoms. The van der Waals surface area contributed by atoms with Crippen molar-refractivity contribution in [3.05, 3.63) is 25.3 Å². The SMILES string of the molecule is C=CCCCCOC(=O)[C@H]1[C@H]2C(=O)N([C@@H](CO)C(C)C)C(C(=O)N(CC=C)C(C)C)C23CC[C@]1(CC)O3. The van der Waals surface area contributed by atoms with Crippen LogP contribution < -0.4 is 0 Å². The van der Waals surface area contributed by atoms with Gasteiger partial charge in [0.2, 0.25) is 11.8 Å². The van der Waals surface area contributed by atoms with E-state index >= 15 is 0 Å². The summed E-state index contributed by atoms with van der Waals surface area (Å²) >= 11 is 0. The van der Waals surface area contributed by atoms with Crippen molar-refractivity contribution in [2.75, 3.05) is 19.8 Å². The quantitative estimate of drug-likeness (QED) is 0.215. The third kappa shape index (κ3) is 4.87. The second-order valence-corrected chi connectivity index (χ2v) is 11.4. The lowest BCUT2D eigenvalue weighted by atomic mass is 9.65. The highest BCUT2D eigenvalue weighted by Crippen LogP contribution is 2.65. The van der Waals surface area contributed by atoms with Gasteiger partial charge in [-0.2, -0.15) is 0 Å². The fraction of sp³-hybridized carbons (Fsp3) is 0.759. The summed E-state index contributed by atoms with van der Waals surface area (Å²) in [5.41, 5.74) is -1.97. The molecule has 8 heteroatoms. The zero-order chi connectivity index (χ0) is 27.5. The Balaban J connectivity index is 2.06. The number of allylic oxidation sites excluding steroid dienone is 1. The molecule has 2 bridgehead atoms. The smallest absolute Gasteiger partial charge is 0.312 e. The molecule has 3 rings (SSSR count). The number of likely N-dealkylation sites (tertiary alicyclic amines) is 1. The number of nitrogens with zero attached hydrogens (tertiary/aromatic N) is 2. The van der Waals surface area contributed by atoms with Crippen LogP contribution in [0.4, 0.5) is 0 Å². The van der Waals surface area contributed by atoms with Crippen LogP contribution in [0.2, 0.25) is 0 Å². The van der Waals surface area contributed by atoms with Gasteiger partial charge in [0.1, 0.15) is 17.6 Å². The molecule has 3 heterocycles. The van der Waals surface area contributed by atoms with E-state index in [-0.39, 0.29) is 37.0 Å². The summed E-state index contributed by atoms with van der Waals surface area (Å²) in [5.74, 6) is -2.64. The van der Waals surface area contributed by atoms with Gasteiger partial charge in [0.15, 0.2) is 0 Å². The highest BCUT2D eigenvalue weighted by Gasteiger charge is 2.79. The minimum atomic E-state index is -1.13. The maximum atomic E-state index is 14.3. The highest BCUT2D eigenvalue weighted by atomic mass is 16.6. The van der Waals surface area contributed by atoms with Gasteiger partial charge in [-0.3, -0.25) is 14.4 Å². The minimum absolute atomic E-state index is 0.0982. The molecule has 8 nitrogen and oxygen atoms in total. The Morgan fingerprint density at radius 2 is 1.92 bits per heavy atom. The molecule has 1 spiro atoms. The number of carbonyl (C=O) groups excluding carboxylic acids is 3. The van der Waals surface area contributed by atoms with E-state index in [0.29, 0.717) is 32.2 Å². The van der Waals surface area contributed by atoms with E-state index in [9.17, 15) is 19.5 Å². The number of fused-ring (bicyclic) bond motifs is 1. The highest BCUT2D eigenvalue weighted by molar-refractivity contribution is 5.99. The Bertz CT molecular complexity index is 888. The summed E-state index contributed by atoms with van der Waals surface area (Å²) in [6, 6.07) is -1.62. The number of ether oxygens (including phenoxy) is 2. The topological polar surface area (TPSA) is 96.4 Å². The van der Waals surface area contributed by atoms with Crippen LogP contribution in [-0.2, 0) is 23.9 Å². The molecule has 6 atom stereocenters. The van der Waals surface area contributed by atoms with Crippen molar-refractivity contribution in [1.29, 1.82) is 0 Å². The normalized spacial score (nSPS) is 31.1. The van der Waals surface area contributed by atoms with Gasteiger partial charge in [0, 0.05) is 12.6 Å². The zero-order valence-corrected chi connectivity index (χ0v) is 23.3. The van der Waals surface area contributed by atoms with Gasteiger partial charge in [0.25, 0.3) is 0 Å². The van der Waals surface area contributed by atoms with Crippen LogP contribution in [0.5, 0.6) is 0 Å². The predicted octanol–water partition coefficient (Wildman–Crippen LogP) is 3.48. The maximum Gasteiger partial charge on any atom is 0.312 e. The molecule has 0 aromatic heterocycles. The Hall–Kier alpha value is -2.19. The third-order valence-corrected chi connectivity index (χ3v) is 8.70. The van der Waals surface area contributed by atoms with Gasteiger partial charge in [0.05, 0.1) is 30.8 Å². The van der Waals surface area contributed by atoms with E-state index in [2.05, 4.69) is 13.2 Å². The van der Waals surface area contributed by atoms with Crippen LogP contribution in [0.3, 0.4) is 0 Å². The van der Waals surface area contributed by atoms with E-state index in [1.807, 2.05) is 40.7 Å². The van der Waals surface area contributed by atoms with Crippen LogP contribution >= 0.6 is 0 Å². The molecule has 3 saturated heterocycles. The first-order valence-electron chi connectivity index (χ1n) is 13.9. The molecular weight excluding hydrogens is 472 g/mol. The largest absolute Gasteiger partial charge is 0.465 e. The molecular formula is C29H46N2O6. The second kappa shape index (κ2) is 11.7. The van der Waals surface area contributed by atoms with Crippen molar-refractivity contribution < 1.29 is 29.0 Å². The molecule has 0 radical (unpaired) electrons. The van der Waals surface area contributed by atoms with Gasteiger partial charge >= 0.3 is 5.97 Å². The monoisotopic (exact) mass is 518 g/mol. The lowest BCUT2D eigenvalue weighted by Crippen LogP contribution is -2.60. The van der Waals surface area contributed by atoms with E-state index in [1.165, 1.54) is 0 Å². The number of rotatable bonds is 14. The van der Waals surface area contributed by atoms with Gasteiger partial charge in [-0.25, -0.2) is 0 Å². The Morgan fingerprint density at radius 1 is 1.22 bits per heavy atom. The second-order valence-electron chi connectivity index (χ2n) is 11.4. The molecule has 0 saturated carbocycles. The molecule has 2 unspecified atom stereocenters. The summed E-state index contributed by atoms with van der Waals surface area (Å²) in [7, 11) is 0. The average Bonchev–Trinajstić information content (AvgIpc) is 3.46. The van der Waals surface area contributed by atoms with Crippen LogP contribution in [0.15, 0.2) is 25.3 Å². The molecule has 0 aliphatic carbocycles. The number of esters is 1. The molecule has 0 aromatic rings. The number of carbonyl (C=O) groups is 3.